The fourth-order valence-corrected chi connectivity index (χ4v) is 2.57. The quantitative estimate of drug-likeness (QED) is 0.771. The first-order chi connectivity index (χ1) is 11.3. The molecule has 0 aliphatic rings. The summed E-state index contributed by atoms with van der Waals surface area (Å²) in [6.07, 6.45) is -4.70. The van der Waals surface area contributed by atoms with E-state index in [1.807, 2.05) is 43.0 Å². The van der Waals surface area contributed by atoms with Crippen LogP contribution in [0.15, 0.2) is 48.5 Å². The highest BCUT2D eigenvalue weighted by Crippen LogP contribution is 2.25. The maximum Gasteiger partial charge on any atom is 0.573 e. The Kier molecular flexibility index (Phi) is 5.66. The van der Waals surface area contributed by atoms with E-state index < -0.39 is 6.36 Å². The summed E-state index contributed by atoms with van der Waals surface area (Å²) in [6.45, 7) is 4.62. The second-order valence-electron chi connectivity index (χ2n) is 5.03. The van der Waals surface area contributed by atoms with Crippen molar-refractivity contribution >= 4 is 28.7 Å². The molecule has 0 bridgehead atoms. The zero-order chi connectivity index (χ0) is 17.7. The van der Waals surface area contributed by atoms with Crippen LogP contribution in [0.4, 0.5) is 24.5 Å². The van der Waals surface area contributed by atoms with E-state index in [1.165, 1.54) is 24.3 Å². The normalized spacial score (nSPS) is 11.0. The van der Waals surface area contributed by atoms with Crippen LogP contribution < -0.4 is 15.0 Å². The Bertz CT molecular complexity index is 702. The highest BCUT2D eigenvalue weighted by molar-refractivity contribution is 7.80. The van der Waals surface area contributed by atoms with Crippen molar-refractivity contribution in [2.45, 2.75) is 20.2 Å². The number of benzene rings is 2. The number of halogens is 3. The minimum absolute atomic E-state index is 0.273. The largest absolute Gasteiger partial charge is 0.573 e. The lowest BCUT2D eigenvalue weighted by molar-refractivity contribution is -0.274. The van der Waals surface area contributed by atoms with Crippen molar-refractivity contribution in [2.24, 2.45) is 0 Å². The van der Waals surface area contributed by atoms with E-state index in [9.17, 15) is 13.2 Å². The Morgan fingerprint density at radius 2 is 1.75 bits per heavy atom. The van der Waals surface area contributed by atoms with Crippen LogP contribution >= 0.6 is 12.2 Å². The molecule has 0 saturated carbocycles. The molecule has 7 heteroatoms. The predicted molar refractivity (Wildman–Crippen MR) is 93.5 cm³/mol. The van der Waals surface area contributed by atoms with Crippen LogP contribution in [0.25, 0.3) is 0 Å². The molecule has 24 heavy (non-hydrogen) atoms. The monoisotopic (exact) mass is 354 g/mol. The summed E-state index contributed by atoms with van der Waals surface area (Å²) in [5, 5.41) is 3.50. The summed E-state index contributed by atoms with van der Waals surface area (Å²) in [6, 6.07) is 13.3. The molecule has 0 fully saturated rings. The van der Waals surface area contributed by atoms with E-state index in [1.54, 1.807) is 0 Å². The maximum absolute atomic E-state index is 12.2. The Morgan fingerprint density at radius 1 is 1.12 bits per heavy atom. The lowest BCUT2D eigenvalue weighted by atomic mass is 10.2. The second kappa shape index (κ2) is 7.53. The van der Waals surface area contributed by atoms with Gasteiger partial charge in [-0.15, -0.1) is 13.2 Å². The number of thiocarbonyl (C=S) groups is 1. The molecule has 0 amide bonds. The molecule has 0 radical (unpaired) electrons. The van der Waals surface area contributed by atoms with Gasteiger partial charge in [0.05, 0.1) is 0 Å². The number of nitrogens with zero attached hydrogens (tertiary/aromatic N) is 1. The first-order valence-corrected chi connectivity index (χ1v) is 7.71. The molecule has 0 spiro atoms. The van der Waals surface area contributed by atoms with E-state index in [0.717, 1.165) is 11.3 Å². The number of hydrogen-bond acceptors (Lipinski definition) is 2. The molecule has 0 unspecified atom stereocenters. The third kappa shape index (κ3) is 4.86. The molecule has 2 aromatic carbocycles. The summed E-state index contributed by atoms with van der Waals surface area (Å²) in [5.41, 5.74) is 2.65. The zero-order valence-corrected chi connectivity index (χ0v) is 14.0. The number of ether oxygens (including phenoxy) is 1. The maximum atomic E-state index is 12.2. The number of hydrogen-bond donors (Lipinski definition) is 1. The van der Waals surface area contributed by atoms with Crippen LogP contribution in [0, 0.1) is 6.92 Å². The van der Waals surface area contributed by atoms with E-state index in [-0.39, 0.29) is 5.75 Å². The summed E-state index contributed by atoms with van der Waals surface area (Å²) in [5.74, 6) is -0.273. The van der Waals surface area contributed by atoms with Gasteiger partial charge in [-0.3, -0.25) is 0 Å². The molecule has 0 aliphatic heterocycles. The molecular formula is C17H17F3N2OS. The van der Waals surface area contributed by atoms with Crippen LogP contribution in [0.1, 0.15) is 12.5 Å². The molecular weight excluding hydrogens is 337 g/mol. The fourth-order valence-electron chi connectivity index (χ4n) is 2.22. The molecule has 2 rings (SSSR count). The molecule has 2 aromatic rings. The van der Waals surface area contributed by atoms with Crippen molar-refractivity contribution < 1.29 is 17.9 Å². The van der Waals surface area contributed by atoms with Gasteiger partial charge in [-0.25, -0.2) is 0 Å². The molecule has 0 aromatic heterocycles. The van der Waals surface area contributed by atoms with Crippen LogP contribution in [-0.2, 0) is 0 Å². The van der Waals surface area contributed by atoms with Crippen LogP contribution in [0.5, 0.6) is 5.75 Å². The van der Waals surface area contributed by atoms with Crippen LogP contribution in [0.3, 0.4) is 0 Å². The van der Waals surface area contributed by atoms with Gasteiger partial charge in [-0.05, 0) is 62.0 Å². The summed E-state index contributed by atoms with van der Waals surface area (Å²) < 4.78 is 40.3. The van der Waals surface area contributed by atoms with Crippen molar-refractivity contribution in [2.75, 3.05) is 16.8 Å². The molecule has 1 N–H and O–H groups in total. The van der Waals surface area contributed by atoms with Gasteiger partial charge >= 0.3 is 6.36 Å². The third-order valence-corrected chi connectivity index (χ3v) is 3.63. The molecule has 3 nitrogen and oxygen atoms in total. The van der Waals surface area contributed by atoms with Gasteiger partial charge in [0.2, 0.25) is 0 Å². The van der Waals surface area contributed by atoms with Gasteiger partial charge in [-0.1, -0.05) is 18.2 Å². The van der Waals surface area contributed by atoms with Gasteiger partial charge < -0.3 is 15.0 Å². The highest BCUT2D eigenvalue weighted by atomic mass is 32.1. The first kappa shape index (κ1) is 18.1. The van der Waals surface area contributed by atoms with Crippen molar-refractivity contribution in [3.63, 3.8) is 0 Å². The number of anilines is 2. The minimum atomic E-state index is -4.70. The van der Waals surface area contributed by atoms with E-state index in [0.29, 0.717) is 17.3 Å². The standard InChI is InChI=1S/C17H17F3N2OS/c1-3-22(15-7-5-4-6-12(15)2)16(24)21-13-8-10-14(11-9-13)23-17(18,19)20/h4-11H,3H2,1-2H3,(H,21,24). The van der Waals surface area contributed by atoms with Crippen LogP contribution in [-0.4, -0.2) is 18.0 Å². The predicted octanol–water partition coefficient (Wildman–Crippen LogP) is 5.12. The van der Waals surface area contributed by atoms with Crippen molar-refractivity contribution in [3.8, 4) is 5.75 Å². The van der Waals surface area contributed by atoms with E-state index in [2.05, 4.69) is 10.1 Å². The fraction of sp³-hybridized carbons (Fsp3) is 0.235. The van der Waals surface area contributed by atoms with Gasteiger partial charge in [0.1, 0.15) is 5.75 Å². The molecule has 128 valence electrons. The zero-order valence-electron chi connectivity index (χ0n) is 13.2. The Morgan fingerprint density at radius 3 is 2.29 bits per heavy atom. The summed E-state index contributed by atoms with van der Waals surface area (Å²) in [7, 11) is 0. The molecule has 0 saturated heterocycles. The van der Waals surface area contributed by atoms with Gasteiger partial charge in [-0.2, -0.15) is 0 Å². The average Bonchev–Trinajstić information content (AvgIpc) is 2.50. The number of alkyl halides is 3. The molecule has 0 heterocycles. The van der Waals surface area contributed by atoms with Gasteiger partial charge in [0, 0.05) is 17.9 Å². The molecule has 0 aliphatic carbocycles. The number of rotatable bonds is 4. The van der Waals surface area contributed by atoms with Crippen molar-refractivity contribution in [3.05, 3.63) is 54.1 Å². The highest BCUT2D eigenvalue weighted by Gasteiger charge is 2.30. The number of para-hydroxylation sites is 1. The second-order valence-corrected chi connectivity index (χ2v) is 5.42. The minimum Gasteiger partial charge on any atom is -0.406 e. The third-order valence-electron chi connectivity index (χ3n) is 3.31. The lowest BCUT2D eigenvalue weighted by Crippen LogP contribution is -2.35. The van der Waals surface area contributed by atoms with E-state index >= 15 is 0 Å². The topological polar surface area (TPSA) is 24.5 Å². The number of aryl methyl sites for hydroxylation is 1. The molecule has 0 atom stereocenters. The average molecular weight is 354 g/mol. The van der Waals surface area contributed by atoms with Crippen LogP contribution in [0.2, 0.25) is 0 Å². The Hall–Kier alpha value is -2.28. The van der Waals surface area contributed by atoms with E-state index in [4.69, 9.17) is 12.2 Å². The Balaban J connectivity index is 2.09. The smallest absolute Gasteiger partial charge is 0.406 e. The lowest BCUT2D eigenvalue weighted by Gasteiger charge is -2.26. The van der Waals surface area contributed by atoms with Gasteiger partial charge in [0.15, 0.2) is 5.11 Å². The SMILES string of the molecule is CCN(C(=S)Nc1ccc(OC(F)(F)F)cc1)c1ccccc1C. The van der Waals surface area contributed by atoms with Crippen molar-refractivity contribution in [1.29, 1.82) is 0 Å². The van der Waals surface area contributed by atoms with Gasteiger partial charge in [0.25, 0.3) is 0 Å². The Labute approximate surface area is 144 Å². The number of nitrogens with one attached hydrogen (secondary N) is 1. The summed E-state index contributed by atoms with van der Waals surface area (Å²) >= 11 is 5.42. The summed E-state index contributed by atoms with van der Waals surface area (Å²) in [4.78, 5) is 1.92. The first-order valence-electron chi connectivity index (χ1n) is 7.30. The van der Waals surface area contributed by atoms with Crippen molar-refractivity contribution in [1.82, 2.24) is 0 Å².